The van der Waals surface area contributed by atoms with Gasteiger partial charge in [-0.2, -0.15) is 0 Å². The van der Waals surface area contributed by atoms with Gasteiger partial charge in [0, 0.05) is 44.8 Å². The first kappa shape index (κ1) is 25.3. The zero-order valence-electron chi connectivity index (χ0n) is 22.0. The van der Waals surface area contributed by atoms with E-state index in [1.54, 1.807) is 0 Å². The van der Waals surface area contributed by atoms with Gasteiger partial charge >= 0.3 is 25.3 Å². The van der Waals surface area contributed by atoms with Crippen LogP contribution in [0.25, 0.3) is 89.7 Å². The van der Waals surface area contributed by atoms with Crippen LogP contribution in [0, 0.1) is 0 Å². The van der Waals surface area contributed by atoms with E-state index in [9.17, 15) is 0 Å². The summed E-state index contributed by atoms with van der Waals surface area (Å²) in [4.78, 5) is 39.3. The molecular formula is C32H16MoN8O2. The van der Waals surface area contributed by atoms with Gasteiger partial charge in [0.15, 0.2) is 0 Å². The molecule has 3 aromatic heterocycles. The number of benzene rings is 4. The van der Waals surface area contributed by atoms with Crippen LogP contribution in [-0.2, 0) is 25.3 Å². The summed E-state index contributed by atoms with van der Waals surface area (Å²) in [5, 5.41) is 3.57. The number of nitrogens with zero attached hydrogens (tertiary/aromatic N) is 8. The van der Waals surface area contributed by atoms with Gasteiger partial charge in [0.1, 0.15) is 0 Å². The van der Waals surface area contributed by atoms with Crippen LogP contribution < -0.4 is 9.97 Å². The molecule has 0 atom stereocenters. The van der Waals surface area contributed by atoms with Gasteiger partial charge in [0.25, 0.3) is 0 Å². The molecule has 8 bridgehead atoms. The zero-order valence-corrected chi connectivity index (χ0v) is 24.0. The predicted octanol–water partition coefficient (Wildman–Crippen LogP) is 5.89. The first-order valence-corrected chi connectivity index (χ1v) is 14.9. The summed E-state index contributed by atoms with van der Waals surface area (Å²) < 4.78 is 17.0. The molecule has 0 N–H and O–H groups in total. The Labute approximate surface area is 251 Å². The molecule has 0 fully saturated rings. The van der Waals surface area contributed by atoms with Gasteiger partial charge in [-0.1, -0.05) is 97.1 Å². The maximum absolute atomic E-state index is 8.50. The number of aromatic nitrogens is 8. The second kappa shape index (κ2) is 10.1. The minimum absolute atomic E-state index is 0.552. The van der Waals surface area contributed by atoms with E-state index in [-0.39, 0.29) is 0 Å². The maximum Gasteiger partial charge on any atom is 0.0927 e. The van der Waals surface area contributed by atoms with E-state index < -0.39 is 18.5 Å². The van der Waals surface area contributed by atoms with E-state index in [1.807, 2.05) is 97.1 Å². The Bertz CT molecular complexity index is 2140. The van der Waals surface area contributed by atoms with Crippen molar-refractivity contribution in [2.24, 2.45) is 0 Å². The van der Waals surface area contributed by atoms with Crippen LogP contribution in [0.1, 0.15) is 0 Å². The summed E-state index contributed by atoms with van der Waals surface area (Å²) in [6.45, 7) is 0. The first-order chi connectivity index (χ1) is 21.2. The molecule has 9 rings (SSSR count). The van der Waals surface area contributed by atoms with Gasteiger partial charge in [0.05, 0.1) is 23.3 Å². The van der Waals surface area contributed by atoms with Gasteiger partial charge < -0.3 is 29.9 Å². The number of hydrogen-bond donors (Lipinski definition) is 0. The third-order valence-electron chi connectivity index (χ3n) is 7.33. The Morgan fingerprint density at radius 1 is 0.372 bits per heavy atom. The Hall–Kier alpha value is -5.47. The molecule has 10 nitrogen and oxygen atoms in total. The fourth-order valence-electron chi connectivity index (χ4n) is 5.46. The molecule has 0 spiro atoms. The molecule has 0 aliphatic carbocycles. The van der Waals surface area contributed by atoms with Crippen LogP contribution in [0.15, 0.2) is 97.1 Å². The standard InChI is InChI=1S/C32H16N8.Mo.2O/c1-2-10-18-17(9-1)25-33-26(18)38-28-21-13-5-6-14-22(21)30(35-28)40-32-24-16-8-7-15-23(24)31(36-32)39-29-20-12-4-3-11-19(20)27(34-29)37-25;;;/h1-16H;;;/q-2;+2;;. The van der Waals surface area contributed by atoms with Crippen molar-refractivity contribution in [3.8, 4) is 45.6 Å². The summed E-state index contributed by atoms with van der Waals surface area (Å²) in [6.07, 6.45) is 0. The summed E-state index contributed by atoms with van der Waals surface area (Å²) in [7, 11) is 0. The number of rotatable bonds is 0. The second-order valence-corrected chi connectivity index (χ2v) is 10.1. The SMILES string of the molecule is [O]=[Mo+2]=[O].c1ccc2c(c1)-c1nc-2nc2[n-]c(nc3nc(nc4[n-]c(n1)c1ccccc41)-c1ccccc1-3)c1ccccc21. The molecule has 11 heteroatoms. The van der Waals surface area contributed by atoms with Crippen molar-refractivity contribution in [1.82, 2.24) is 39.9 Å². The van der Waals surface area contributed by atoms with Crippen LogP contribution in [0.5, 0.6) is 0 Å². The molecule has 43 heavy (non-hydrogen) atoms. The first-order valence-electron chi connectivity index (χ1n) is 13.2. The predicted molar refractivity (Wildman–Crippen MR) is 155 cm³/mol. The topological polar surface area (TPSA) is 140 Å². The van der Waals surface area contributed by atoms with E-state index in [0.29, 0.717) is 45.9 Å². The Balaban J connectivity index is 0.000000892. The van der Waals surface area contributed by atoms with Gasteiger partial charge in [-0.3, -0.25) is 0 Å². The van der Waals surface area contributed by atoms with Crippen molar-refractivity contribution in [2.45, 2.75) is 0 Å². The van der Waals surface area contributed by atoms with E-state index in [4.69, 9.17) is 46.7 Å². The normalized spacial score (nSPS) is 11.3. The van der Waals surface area contributed by atoms with Crippen LogP contribution in [-0.4, -0.2) is 29.9 Å². The van der Waals surface area contributed by atoms with Gasteiger partial charge in [-0.25, -0.2) is 9.97 Å². The average molecular weight is 640 g/mol. The van der Waals surface area contributed by atoms with Crippen molar-refractivity contribution in [2.75, 3.05) is 0 Å². The van der Waals surface area contributed by atoms with Gasteiger partial charge in [0.2, 0.25) is 0 Å². The molecule has 0 saturated heterocycles. The molecular weight excluding hydrogens is 624 g/mol. The average Bonchev–Trinajstić information content (AvgIpc) is 3.77. The fourth-order valence-corrected chi connectivity index (χ4v) is 5.46. The van der Waals surface area contributed by atoms with Crippen molar-refractivity contribution in [3.63, 3.8) is 0 Å². The fraction of sp³-hybridized carbons (Fsp3) is 0. The summed E-state index contributed by atoms with van der Waals surface area (Å²) in [5.41, 5.74) is 5.78. The zero-order chi connectivity index (χ0) is 28.9. The molecule has 2 aliphatic heterocycles. The van der Waals surface area contributed by atoms with Crippen molar-refractivity contribution in [3.05, 3.63) is 97.1 Å². The third-order valence-corrected chi connectivity index (χ3v) is 7.33. The molecule has 0 radical (unpaired) electrons. The van der Waals surface area contributed by atoms with E-state index >= 15 is 0 Å². The van der Waals surface area contributed by atoms with E-state index in [1.165, 1.54) is 0 Å². The third kappa shape index (κ3) is 4.14. The Morgan fingerprint density at radius 3 is 0.860 bits per heavy atom. The van der Waals surface area contributed by atoms with Gasteiger partial charge in [-0.05, 0) is 21.5 Å². The molecule has 202 valence electrons. The van der Waals surface area contributed by atoms with E-state index in [2.05, 4.69) is 0 Å². The molecule has 5 heterocycles. The smallest absolute Gasteiger partial charge is 0.0927 e. The van der Waals surface area contributed by atoms with Crippen LogP contribution in [0.3, 0.4) is 0 Å². The molecule has 7 aromatic rings. The monoisotopic (exact) mass is 642 g/mol. The Kier molecular flexibility index (Phi) is 5.94. The minimum atomic E-state index is -2.03. The van der Waals surface area contributed by atoms with Crippen molar-refractivity contribution >= 4 is 44.1 Å². The summed E-state index contributed by atoms with van der Waals surface area (Å²) in [5.74, 6) is 2.21. The van der Waals surface area contributed by atoms with Crippen LogP contribution >= 0.6 is 0 Å². The number of hydrogen-bond acceptors (Lipinski definition) is 8. The molecule has 4 aromatic carbocycles. The maximum atomic E-state index is 8.50. The van der Waals surface area contributed by atoms with Crippen molar-refractivity contribution in [1.29, 1.82) is 0 Å². The summed E-state index contributed by atoms with van der Waals surface area (Å²) in [6, 6.07) is 31.8. The van der Waals surface area contributed by atoms with Crippen molar-refractivity contribution < 1.29 is 25.3 Å². The minimum Gasteiger partial charge on any atom is -0.357 e. The van der Waals surface area contributed by atoms with Crippen LogP contribution in [0.4, 0.5) is 0 Å². The molecule has 0 amide bonds. The Morgan fingerprint density at radius 2 is 0.605 bits per heavy atom. The second-order valence-electron chi connectivity index (χ2n) is 9.73. The summed E-state index contributed by atoms with van der Waals surface area (Å²) >= 11 is -2.03. The molecule has 0 saturated carbocycles. The van der Waals surface area contributed by atoms with E-state index in [0.717, 1.165) is 43.8 Å². The molecule has 2 aliphatic rings. The largest absolute Gasteiger partial charge is 0.357 e. The molecule has 0 unspecified atom stereocenters. The quantitative estimate of drug-likeness (QED) is 0.184. The number of fused-ring (bicyclic) bond motifs is 20. The van der Waals surface area contributed by atoms with Crippen LogP contribution in [0.2, 0.25) is 0 Å². The van der Waals surface area contributed by atoms with Gasteiger partial charge in [-0.15, -0.1) is 0 Å².